The highest BCUT2D eigenvalue weighted by Crippen LogP contribution is 2.80. The van der Waals surface area contributed by atoms with Crippen LogP contribution in [0.2, 0.25) is 0 Å². The summed E-state index contributed by atoms with van der Waals surface area (Å²) in [6, 6.07) is 0. The van der Waals surface area contributed by atoms with Crippen molar-refractivity contribution in [1.29, 1.82) is 0 Å². The van der Waals surface area contributed by atoms with Crippen LogP contribution in [0.4, 0.5) is 0 Å². The highest BCUT2D eigenvalue weighted by molar-refractivity contribution is 14.1. The maximum absolute atomic E-state index is 2.75. The van der Waals surface area contributed by atoms with Crippen molar-refractivity contribution in [3.63, 3.8) is 0 Å². The maximum atomic E-state index is 2.75. The van der Waals surface area contributed by atoms with E-state index in [1.807, 2.05) is 0 Å². The van der Waals surface area contributed by atoms with E-state index in [4.69, 9.17) is 0 Å². The van der Waals surface area contributed by atoms with Gasteiger partial charge in [-0.05, 0) is 29.6 Å². The van der Waals surface area contributed by atoms with Gasteiger partial charge in [0.2, 0.25) is 0 Å². The van der Waals surface area contributed by atoms with E-state index in [2.05, 4.69) is 118 Å². The summed E-state index contributed by atoms with van der Waals surface area (Å²) in [5.41, 5.74) is 0.978. The van der Waals surface area contributed by atoms with Gasteiger partial charge in [0.05, 0.1) is 0 Å². The van der Waals surface area contributed by atoms with Crippen molar-refractivity contribution in [3.8, 4) is 0 Å². The number of rotatable bonds is 2. The van der Waals surface area contributed by atoms with Crippen LogP contribution in [-0.2, 0) is 0 Å². The zero-order valence-corrected chi connectivity index (χ0v) is 18.7. The van der Waals surface area contributed by atoms with Gasteiger partial charge in [-0.15, -0.1) is 0 Å². The van der Waals surface area contributed by atoms with Crippen LogP contribution in [0.25, 0.3) is 0 Å². The molecule has 2 saturated carbocycles. The summed E-state index contributed by atoms with van der Waals surface area (Å²) in [6.07, 6.45) is 0. The normalized spacial score (nSPS) is 55.9. The molecule has 0 N–H and O–H groups in total. The fourth-order valence-corrected chi connectivity index (χ4v) is 11.5. The van der Waals surface area contributed by atoms with Crippen molar-refractivity contribution < 1.29 is 0 Å². The van der Waals surface area contributed by atoms with Gasteiger partial charge in [-0.3, -0.25) is 0 Å². The summed E-state index contributed by atoms with van der Waals surface area (Å²) >= 11 is 10.7. The molecule has 94 valence electrons. The molecule has 6 unspecified atom stereocenters. The molecule has 2 rings (SSSR count). The molecule has 0 nitrogen and oxygen atoms in total. The van der Waals surface area contributed by atoms with Gasteiger partial charge in [0.1, 0.15) is 0 Å². The average molecular weight is 670 g/mol. The molecule has 0 saturated heterocycles. The summed E-state index contributed by atoms with van der Waals surface area (Å²) in [5, 5.41) is 0. The molecule has 0 amide bonds. The fraction of sp³-hybridized carbons (Fsp3) is 1.00. The summed E-state index contributed by atoms with van der Waals surface area (Å²) in [6.45, 7) is 10.0. The largest absolute Gasteiger partial charge is 0.0852 e. The summed E-state index contributed by atoms with van der Waals surface area (Å²) < 4.78 is 3.47. The topological polar surface area (TPSA) is 0 Å². The van der Waals surface area contributed by atoms with Crippen LogP contribution in [0.1, 0.15) is 27.7 Å². The van der Waals surface area contributed by atoms with E-state index in [-0.39, 0.29) is 0 Å². The van der Waals surface area contributed by atoms with Gasteiger partial charge in [-0.1, -0.05) is 111 Å². The third kappa shape index (κ3) is 1.72. The Balaban J connectivity index is 2.39. The summed E-state index contributed by atoms with van der Waals surface area (Å²) in [7, 11) is 0. The van der Waals surface area contributed by atoms with Crippen LogP contribution in [-0.4, -0.2) is 15.7 Å². The Morgan fingerprint density at radius 2 is 1.69 bits per heavy atom. The number of halogens is 4. The minimum absolute atomic E-state index is 0.483. The maximum Gasteiger partial charge on any atom is 0.0272 e. The second kappa shape index (κ2) is 4.46. The van der Waals surface area contributed by atoms with Crippen LogP contribution in [0, 0.1) is 22.7 Å². The van der Waals surface area contributed by atoms with Gasteiger partial charge >= 0.3 is 0 Å². The lowest BCUT2D eigenvalue weighted by Crippen LogP contribution is -2.49. The second-order valence-electron chi connectivity index (χ2n) is 6.18. The lowest BCUT2D eigenvalue weighted by Gasteiger charge is -2.48. The van der Waals surface area contributed by atoms with Crippen LogP contribution in [0.3, 0.4) is 0 Å². The van der Waals surface area contributed by atoms with E-state index >= 15 is 0 Å². The number of hydrogen-bond donors (Lipinski definition) is 0. The van der Waals surface area contributed by atoms with Gasteiger partial charge in [-0.25, -0.2) is 0 Å². The monoisotopic (exact) mass is 670 g/mol. The minimum atomic E-state index is 0.483. The van der Waals surface area contributed by atoms with Gasteiger partial charge in [0.15, 0.2) is 0 Å². The first kappa shape index (κ1) is 15.3. The van der Waals surface area contributed by atoms with Crippen molar-refractivity contribution in [1.82, 2.24) is 0 Å². The number of alkyl halides is 4. The molecule has 0 radical (unpaired) electrons. The van der Waals surface area contributed by atoms with Gasteiger partial charge < -0.3 is 0 Å². The van der Waals surface area contributed by atoms with Crippen LogP contribution in [0.5, 0.6) is 0 Å². The first-order valence-electron chi connectivity index (χ1n) is 5.66. The Kier molecular flexibility index (Phi) is 4.27. The molecule has 2 fully saturated rings. The third-order valence-corrected chi connectivity index (χ3v) is 13.1. The molecule has 2 aliphatic carbocycles. The zero-order valence-electron chi connectivity index (χ0n) is 10.0. The molecule has 0 heterocycles. The quantitative estimate of drug-likeness (QED) is 0.269. The van der Waals surface area contributed by atoms with E-state index in [1.54, 1.807) is 0 Å². The predicted molar refractivity (Wildman–Crippen MR) is 106 cm³/mol. The van der Waals surface area contributed by atoms with Gasteiger partial charge in [0, 0.05) is 15.7 Å². The lowest BCUT2D eigenvalue weighted by molar-refractivity contribution is 0.108. The highest BCUT2D eigenvalue weighted by atomic mass is 127. The Morgan fingerprint density at radius 3 is 2.00 bits per heavy atom. The Morgan fingerprint density at radius 1 is 1.19 bits per heavy atom. The smallest absolute Gasteiger partial charge is 0.0272 e. The molecule has 0 aromatic carbocycles. The van der Waals surface area contributed by atoms with Gasteiger partial charge in [0.25, 0.3) is 0 Å². The second-order valence-corrected chi connectivity index (χ2v) is 12.2. The van der Waals surface area contributed by atoms with Crippen molar-refractivity contribution >= 4 is 90.4 Å². The Bertz CT molecular complexity index is 312. The first-order valence-corrected chi connectivity index (χ1v) is 10.8. The molecule has 4 heteroatoms. The SMILES string of the molecule is CC1(I)C2C1C(C)(C)C(C)(C(I)CI)C2I. The average Bonchev–Trinajstić information content (AvgIpc) is 2.72. The van der Waals surface area contributed by atoms with E-state index in [0.29, 0.717) is 14.3 Å². The molecular formula is C12H18I4. The van der Waals surface area contributed by atoms with Crippen LogP contribution in [0.15, 0.2) is 0 Å². The highest BCUT2D eigenvalue weighted by Gasteiger charge is 2.79. The molecule has 2 aliphatic rings. The van der Waals surface area contributed by atoms with Crippen LogP contribution >= 0.6 is 90.4 Å². The number of hydrogen-bond acceptors (Lipinski definition) is 0. The molecule has 0 aliphatic heterocycles. The molecule has 0 bridgehead atoms. The van der Waals surface area contributed by atoms with E-state index in [9.17, 15) is 0 Å². The summed E-state index contributed by atoms with van der Waals surface area (Å²) in [4.78, 5) is 0. The molecule has 0 spiro atoms. The predicted octanol–water partition coefficient (Wildman–Crippen LogP) is 5.51. The Labute approximate surface area is 154 Å². The molecule has 0 aromatic heterocycles. The minimum Gasteiger partial charge on any atom is -0.0852 e. The molecule has 6 atom stereocenters. The van der Waals surface area contributed by atoms with Crippen molar-refractivity contribution in [2.45, 2.75) is 39.0 Å². The van der Waals surface area contributed by atoms with E-state index in [0.717, 1.165) is 19.7 Å². The molecule has 0 aromatic rings. The van der Waals surface area contributed by atoms with Crippen LogP contribution < -0.4 is 0 Å². The first-order chi connectivity index (χ1) is 7.13. The third-order valence-electron chi connectivity index (χ3n) is 5.35. The van der Waals surface area contributed by atoms with E-state index in [1.165, 1.54) is 4.43 Å². The molecular weight excluding hydrogens is 652 g/mol. The Hall–Kier alpha value is 2.92. The fourth-order valence-electron chi connectivity index (χ4n) is 3.92. The van der Waals surface area contributed by atoms with Crippen molar-refractivity contribution in [2.24, 2.45) is 22.7 Å². The molecule has 16 heavy (non-hydrogen) atoms. The summed E-state index contributed by atoms with van der Waals surface area (Å²) in [5.74, 6) is 1.86. The lowest BCUT2D eigenvalue weighted by atomic mass is 9.63. The van der Waals surface area contributed by atoms with E-state index < -0.39 is 0 Å². The van der Waals surface area contributed by atoms with Gasteiger partial charge in [-0.2, -0.15) is 0 Å². The van der Waals surface area contributed by atoms with Crippen molar-refractivity contribution in [3.05, 3.63) is 0 Å². The standard InChI is InChI=1S/C12H18I4/c1-10(2)8-7(12(8,4)16)9(15)11(10,3)6(14)5-13/h6-9H,5H2,1-4H3. The zero-order chi connectivity index (χ0) is 12.5. The van der Waals surface area contributed by atoms with Crippen molar-refractivity contribution in [2.75, 3.05) is 4.43 Å². The number of fused-ring (bicyclic) bond motifs is 1.